The summed E-state index contributed by atoms with van der Waals surface area (Å²) in [6.45, 7) is 3.12. The van der Waals surface area contributed by atoms with Gasteiger partial charge in [0.15, 0.2) is 0 Å². The molecule has 0 radical (unpaired) electrons. The van der Waals surface area contributed by atoms with Crippen molar-refractivity contribution in [3.63, 3.8) is 0 Å². The van der Waals surface area contributed by atoms with Gasteiger partial charge in [0.05, 0.1) is 12.2 Å². The van der Waals surface area contributed by atoms with Crippen LogP contribution in [0.3, 0.4) is 0 Å². The lowest BCUT2D eigenvalue weighted by Crippen LogP contribution is -2.16. The van der Waals surface area contributed by atoms with Gasteiger partial charge in [-0.25, -0.2) is 0 Å². The van der Waals surface area contributed by atoms with E-state index in [9.17, 15) is 13.2 Å². The number of hydrogen-bond acceptors (Lipinski definition) is 2. The van der Waals surface area contributed by atoms with Crippen LogP contribution < -0.4 is 4.74 Å². The number of ether oxygens (including phenoxy) is 2. The molecular formula is C17H15F3O2. The van der Waals surface area contributed by atoms with E-state index in [4.69, 9.17) is 9.47 Å². The molecule has 2 nitrogen and oxygen atoms in total. The highest BCUT2D eigenvalue weighted by molar-refractivity contribution is 5.65. The van der Waals surface area contributed by atoms with Gasteiger partial charge in [0, 0.05) is 0 Å². The highest BCUT2D eigenvalue weighted by atomic mass is 19.4. The van der Waals surface area contributed by atoms with Gasteiger partial charge in [-0.15, -0.1) is 0 Å². The predicted octanol–water partition coefficient (Wildman–Crippen LogP) is 4.54. The number of halogens is 3. The molecule has 1 atom stereocenters. The van der Waals surface area contributed by atoms with E-state index in [1.165, 1.54) is 6.07 Å². The Labute approximate surface area is 126 Å². The van der Waals surface area contributed by atoms with E-state index in [-0.39, 0.29) is 5.60 Å². The fourth-order valence-electron chi connectivity index (χ4n) is 2.06. The van der Waals surface area contributed by atoms with Crippen LogP contribution in [0.1, 0.15) is 12.5 Å². The number of alkyl halides is 3. The molecule has 0 saturated carbocycles. The van der Waals surface area contributed by atoms with E-state index in [0.29, 0.717) is 30.1 Å². The van der Waals surface area contributed by atoms with Gasteiger partial charge in [0.25, 0.3) is 0 Å². The fourth-order valence-corrected chi connectivity index (χ4v) is 2.06. The third-order valence-electron chi connectivity index (χ3n) is 3.56. The van der Waals surface area contributed by atoms with Crippen molar-refractivity contribution >= 4 is 0 Å². The lowest BCUT2D eigenvalue weighted by atomic mass is 10.0. The van der Waals surface area contributed by atoms with Crippen molar-refractivity contribution in [3.8, 4) is 16.9 Å². The van der Waals surface area contributed by atoms with E-state index < -0.39 is 11.7 Å². The first-order valence-electron chi connectivity index (χ1n) is 6.90. The number of benzene rings is 2. The van der Waals surface area contributed by atoms with Gasteiger partial charge in [0.1, 0.15) is 18.0 Å². The minimum atomic E-state index is -4.33. The Kier molecular flexibility index (Phi) is 3.60. The van der Waals surface area contributed by atoms with Gasteiger partial charge in [-0.05, 0) is 42.3 Å². The van der Waals surface area contributed by atoms with Gasteiger partial charge in [-0.2, -0.15) is 13.2 Å². The Hall–Kier alpha value is -2.01. The minimum Gasteiger partial charge on any atom is -0.491 e. The predicted molar refractivity (Wildman–Crippen MR) is 76.7 cm³/mol. The molecule has 116 valence electrons. The van der Waals surface area contributed by atoms with Crippen LogP contribution in [0.4, 0.5) is 13.2 Å². The second-order valence-electron chi connectivity index (χ2n) is 5.63. The van der Waals surface area contributed by atoms with Gasteiger partial charge in [-0.3, -0.25) is 0 Å². The Morgan fingerprint density at radius 2 is 1.77 bits per heavy atom. The summed E-state index contributed by atoms with van der Waals surface area (Å²) in [5.41, 5.74) is 0.398. The molecule has 0 aliphatic carbocycles. The van der Waals surface area contributed by atoms with Crippen LogP contribution in [-0.4, -0.2) is 18.8 Å². The molecule has 22 heavy (non-hydrogen) atoms. The second-order valence-corrected chi connectivity index (χ2v) is 5.63. The summed E-state index contributed by atoms with van der Waals surface area (Å²) in [6.07, 6.45) is -4.33. The first-order chi connectivity index (χ1) is 10.4. The maximum absolute atomic E-state index is 12.7. The van der Waals surface area contributed by atoms with Crippen molar-refractivity contribution in [1.82, 2.24) is 0 Å². The highest BCUT2D eigenvalue weighted by Crippen LogP contribution is 2.33. The van der Waals surface area contributed by atoms with Gasteiger partial charge >= 0.3 is 6.18 Å². The Bertz CT molecular complexity index is 658. The molecule has 1 fully saturated rings. The van der Waals surface area contributed by atoms with E-state index >= 15 is 0 Å². The molecule has 0 amide bonds. The standard InChI is InChI=1S/C17H15F3O2/c1-16(11-22-16)10-21-15-7-5-12(6-8-15)13-3-2-4-14(9-13)17(18,19)20/h2-9H,10-11H2,1H3. The topological polar surface area (TPSA) is 21.8 Å². The molecule has 0 aromatic heterocycles. The fraction of sp³-hybridized carbons (Fsp3) is 0.294. The summed E-state index contributed by atoms with van der Waals surface area (Å²) in [7, 11) is 0. The molecule has 1 saturated heterocycles. The van der Waals surface area contributed by atoms with E-state index in [1.54, 1.807) is 30.3 Å². The van der Waals surface area contributed by atoms with Crippen LogP contribution in [-0.2, 0) is 10.9 Å². The normalized spacial score (nSPS) is 20.7. The summed E-state index contributed by atoms with van der Waals surface area (Å²) in [5, 5.41) is 0. The molecule has 2 aromatic carbocycles. The lowest BCUT2D eigenvalue weighted by Gasteiger charge is -2.11. The molecule has 1 heterocycles. The van der Waals surface area contributed by atoms with Gasteiger partial charge in [-0.1, -0.05) is 24.3 Å². The van der Waals surface area contributed by atoms with Crippen LogP contribution in [0.5, 0.6) is 5.75 Å². The van der Waals surface area contributed by atoms with E-state index in [1.807, 2.05) is 6.92 Å². The van der Waals surface area contributed by atoms with Crippen molar-refractivity contribution < 1.29 is 22.6 Å². The van der Waals surface area contributed by atoms with Crippen molar-refractivity contribution in [3.05, 3.63) is 54.1 Å². The smallest absolute Gasteiger partial charge is 0.416 e. The third-order valence-corrected chi connectivity index (χ3v) is 3.56. The molecule has 3 rings (SSSR count). The molecule has 1 aliphatic heterocycles. The highest BCUT2D eigenvalue weighted by Gasteiger charge is 2.40. The van der Waals surface area contributed by atoms with Crippen LogP contribution in [0.15, 0.2) is 48.5 Å². The Morgan fingerprint density at radius 3 is 2.36 bits per heavy atom. The summed E-state index contributed by atoms with van der Waals surface area (Å²) in [5.74, 6) is 0.674. The van der Waals surface area contributed by atoms with Crippen molar-refractivity contribution in [1.29, 1.82) is 0 Å². The minimum absolute atomic E-state index is 0.195. The molecule has 0 N–H and O–H groups in total. The van der Waals surface area contributed by atoms with Crippen LogP contribution in [0.2, 0.25) is 0 Å². The van der Waals surface area contributed by atoms with E-state index in [2.05, 4.69) is 0 Å². The first kappa shape index (κ1) is 14.9. The van der Waals surface area contributed by atoms with Crippen molar-refractivity contribution in [2.45, 2.75) is 18.7 Å². The molecule has 2 aromatic rings. The van der Waals surface area contributed by atoms with Crippen molar-refractivity contribution in [2.75, 3.05) is 13.2 Å². The SMILES string of the molecule is CC1(COc2ccc(-c3cccc(C(F)(F)F)c3)cc2)CO1. The molecule has 0 spiro atoms. The second kappa shape index (κ2) is 5.32. The average molecular weight is 308 g/mol. The largest absolute Gasteiger partial charge is 0.491 e. The zero-order chi connectivity index (χ0) is 15.8. The molecule has 1 unspecified atom stereocenters. The van der Waals surface area contributed by atoms with Crippen LogP contribution in [0.25, 0.3) is 11.1 Å². The quantitative estimate of drug-likeness (QED) is 0.773. The number of epoxide rings is 1. The Morgan fingerprint density at radius 1 is 1.09 bits per heavy atom. The lowest BCUT2D eigenvalue weighted by molar-refractivity contribution is -0.137. The van der Waals surface area contributed by atoms with Crippen LogP contribution >= 0.6 is 0 Å². The van der Waals surface area contributed by atoms with Gasteiger partial charge < -0.3 is 9.47 Å². The molecular weight excluding hydrogens is 293 g/mol. The summed E-state index contributed by atoms with van der Waals surface area (Å²) >= 11 is 0. The maximum Gasteiger partial charge on any atom is 0.416 e. The Balaban J connectivity index is 1.75. The van der Waals surface area contributed by atoms with Crippen molar-refractivity contribution in [2.24, 2.45) is 0 Å². The third kappa shape index (κ3) is 3.42. The number of rotatable bonds is 4. The zero-order valence-corrected chi connectivity index (χ0v) is 12.0. The monoisotopic (exact) mass is 308 g/mol. The zero-order valence-electron chi connectivity index (χ0n) is 12.0. The first-order valence-corrected chi connectivity index (χ1v) is 6.90. The summed E-state index contributed by atoms with van der Waals surface area (Å²) in [4.78, 5) is 0. The van der Waals surface area contributed by atoms with E-state index in [0.717, 1.165) is 12.1 Å². The molecule has 5 heteroatoms. The molecule has 0 bridgehead atoms. The van der Waals surface area contributed by atoms with Gasteiger partial charge in [0.2, 0.25) is 0 Å². The van der Waals surface area contributed by atoms with Crippen LogP contribution in [0, 0.1) is 0 Å². The summed E-state index contributed by atoms with van der Waals surface area (Å²) in [6, 6.07) is 12.3. The summed E-state index contributed by atoms with van der Waals surface area (Å²) < 4.78 is 49.0. The molecule has 1 aliphatic rings. The average Bonchev–Trinajstić information content (AvgIpc) is 3.23. The number of hydrogen-bond donors (Lipinski definition) is 0. The maximum atomic E-state index is 12.7.